The summed E-state index contributed by atoms with van der Waals surface area (Å²) in [7, 11) is 2.08. The lowest BCUT2D eigenvalue weighted by Gasteiger charge is -2.34. The summed E-state index contributed by atoms with van der Waals surface area (Å²) in [5.41, 5.74) is 1.38. The van der Waals surface area contributed by atoms with Crippen LogP contribution in [0.3, 0.4) is 0 Å². The van der Waals surface area contributed by atoms with Crippen LogP contribution < -0.4 is 5.32 Å². The highest BCUT2D eigenvalue weighted by Crippen LogP contribution is 2.38. The van der Waals surface area contributed by atoms with E-state index in [-0.39, 0.29) is 0 Å². The topological polar surface area (TPSA) is 12.0 Å². The first-order valence-electron chi connectivity index (χ1n) is 7.17. The van der Waals surface area contributed by atoms with E-state index >= 15 is 0 Å². The van der Waals surface area contributed by atoms with Crippen LogP contribution in [0, 0.1) is 11.8 Å². The molecule has 0 radical (unpaired) electrons. The normalized spacial score (nSPS) is 25.9. The molecule has 3 unspecified atom stereocenters. The average molecular weight is 266 g/mol. The molecule has 1 aromatic carbocycles. The lowest BCUT2D eigenvalue weighted by atomic mass is 9.75. The third-order valence-electron chi connectivity index (χ3n) is 4.41. The summed E-state index contributed by atoms with van der Waals surface area (Å²) in [6.45, 7) is 2.32. The second-order valence-electron chi connectivity index (χ2n) is 5.52. The van der Waals surface area contributed by atoms with E-state index in [0.717, 1.165) is 16.9 Å². The predicted octanol–water partition coefficient (Wildman–Crippen LogP) is 4.82. The fourth-order valence-electron chi connectivity index (χ4n) is 3.35. The molecule has 18 heavy (non-hydrogen) atoms. The van der Waals surface area contributed by atoms with Crippen molar-refractivity contribution in [1.29, 1.82) is 0 Å². The standard InChI is InChI=1S/C16H24ClN/c1-3-12-5-4-6-14(11-12)16(18-2)13-7-9-15(17)10-8-13/h7-10,12,14,16,18H,3-6,11H2,1-2H3. The van der Waals surface area contributed by atoms with Crippen LogP contribution in [-0.4, -0.2) is 7.05 Å². The van der Waals surface area contributed by atoms with Gasteiger partial charge < -0.3 is 5.32 Å². The fraction of sp³-hybridized carbons (Fsp3) is 0.625. The second kappa shape index (κ2) is 6.58. The summed E-state index contributed by atoms with van der Waals surface area (Å²) in [4.78, 5) is 0. The first-order valence-corrected chi connectivity index (χ1v) is 7.55. The van der Waals surface area contributed by atoms with Crippen LogP contribution >= 0.6 is 11.6 Å². The van der Waals surface area contributed by atoms with Crippen molar-refractivity contribution < 1.29 is 0 Å². The molecular weight excluding hydrogens is 242 g/mol. The van der Waals surface area contributed by atoms with Crippen LogP contribution in [-0.2, 0) is 0 Å². The minimum Gasteiger partial charge on any atom is -0.313 e. The van der Waals surface area contributed by atoms with Crippen LogP contribution in [0.2, 0.25) is 5.02 Å². The molecule has 1 saturated carbocycles. The molecule has 0 bridgehead atoms. The van der Waals surface area contributed by atoms with E-state index in [1.54, 1.807) is 0 Å². The number of nitrogens with one attached hydrogen (secondary N) is 1. The zero-order valence-electron chi connectivity index (χ0n) is 11.5. The molecule has 0 aliphatic heterocycles. The largest absolute Gasteiger partial charge is 0.313 e. The molecule has 1 N–H and O–H groups in total. The van der Waals surface area contributed by atoms with Gasteiger partial charge in [-0.3, -0.25) is 0 Å². The quantitative estimate of drug-likeness (QED) is 0.823. The molecule has 100 valence electrons. The Bertz CT molecular complexity index is 360. The summed E-state index contributed by atoms with van der Waals surface area (Å²) in [6, 6.07) is 8.82. The zero-order valence-corrected chi connectivity index (χ0v) is 12.2. The molecule has 2 heteroatoms. The molecule has 0 saturated heterocycles. The van der Waals surface area contributed by atoms with Crippen molar-refractivity contribution in [3.05, 3.63) is 34.9 Å². The Kier molecular flexibility index (Phi) is 5.08. The molecule has 0 spiro atoms. The van der Waals surface area contributed by atoms with Gasteiger partial charge in [-0.25, -0.2) is 0 Å². The van der Waals surface area contributed by atoms with Gasteiger partial charge in [0.1, 0.15) is 0 Å². The van der Waals surface area contributed by atoms with E-state index in [2.05, 4.69) is 31.4 Å². The van der Waals surface area contributed by atoms with E-state index in [9.17, 15) is 0 Å². The smallest absolute Gasteiger partial charge is 0.0406 e. The Balaban J connectivity index is 2.10. The Labute approximate surface area is 116 Å². The van der Waals surface area contributed by atoms with Crippen molar-refractivity contribution in [2.24, 2.45) is 11.8 Å². The van der Waals surface area contributed by atoms with E-state index in [1.807, 2.05) is 12.1 Å². The van der Waals surface area contributed by atoms with Gasteiger partial charge in [-0.05, 0) is 49.4 Å². The minimum absolute atomic E-state index is 0.483. The van der Waals surface area contributed by atoms with E-state index in [4.69, 9.17) is 11.6 Å². The maximum atomic E-state index is 5.97. The molecule has 0 heterocycles. The van der Waals surface area contributed by atoms with Gasteiger partial charge >= 0.3 is 0 Å². The summed E-state index contributed by atoms with van der Waals surface area (Å²) < 4.78 is 0. The minimum atomic E-state index is 0.483. The van der Waals surface area contributed by atoms with Crippen molar-refractivity contribution in [2.75, 3.05) is 7.05 Å². The summed E-state index contributed by atoms with van der Waals surface area (Å²) in [5.74, 6) is 1.70. The van der Waals surface area contributed by atoms with Crippen LogP contribution in [0.15, 0.2) is 24.3 Å². The van der Waals surface area contributed by atoms with E-state index < -0.39 is 0 Å². The lowest BCUT2D eigenvalue weighted by molar-refractivity contribution is 0.214. The number of hydrogen-bond acceptors (Lipinski definition) is 1. The van der Waals surface area contributed by atoms with Crippen LogP contribution in [0.25, 0.3) is 0 Å². The third-order valence-corrected chi connectivity index (χ3v) is 4.66. The van der Waals surface area contributed by atoms with Gasteiger partial charge in [-0.2, -0.15) is 0 Å². The first-order chi connectivity index (χ1) is 8.74. The maximum absolute atomic E-state index is 5.97. The van der Waals surface area contributed by atoms with Crippen molar-refractivity contribution in [1.82, 2.24) is 5.32 Å². The monoisotopic (exact) mass is 265 g/mol. The molecule has 1 aliphatic rings. The van der Waals surface area contributed by atoms with Gasteiger partial charge in [0.15, 0.2) is 0 Å². The fourth-order valence-corrected chi connectivity index (χ4v) is 3.48. The Morgan fingerprint density at radius 2 is 2.00 bits per heavy atom. The molecule has 1 aliphatic carbocycles. The first kappa shape index (κ1) is 13.9. The molecule has 3 atom stereocenters. The number of hydrogen-bond donors (Lipinski definition) is 1. The molecule has 0 amide bonds. The van der Waals surface area contributed by atoms with Gasteiger partial charge in [-0.15, -0.1) is 0 Å². The number of halogens is 1. The van der Waals surface area contributed by atoms with Crippen LogP contribution in [0.1, 0.15) is 50.6 Å². The van der Waals surface area contributed by atoms with Gasteiger partial charge in [0, 0.05) is 11.1 Å². The Morgan fingerprint density at radius 3 is 2.61 bits per heavy atom. The SMILES string of the molecule is CCC1CCCC(C(NC)c2ccc(Cl)cc2)C1. The third kappa shape index (κ3) is 3.27. The summed E-state index contributed by atoms with van der Waals surface area (Å²) in [6.07, 6.45) is 6.85. The van der Waals surface area contributed by atoms with Crippen LogP contribution in [0.4, 0.5) is 0 Å². The lowest BCUT2D eigenvalue weighted by Crippen LogP contribution is -2.29. The highest BCUT2D eigenvalue weighted by Gasteiger charge is 2.27. The molecule has 1 fully saturated rings. The van der Waals surface area contributed by atoms with Gasteiger partial charge in [0.2, 0.25) is 0 Å². The predicted molar refractivity (Wildman–Crippen MR) is 79.0 cm³/mol. The zero-order chi connectivity index (χ0) is 13.0. The molecule has 1 aromatic rings. The summed E-state index contributed by atoms with van der Waals surface area (Å²) in [5, 5.41) is 4.33. The van der Waals surface area contributed by atoms with Crippen molar-refractivity contribution in [2.45, 2.75) is 45.1 Å². The van der Waals surface area contributed by atoms with E-state index in [1.165, 1.54) is 37.7 Å². The average Bonchev–Trinajstić information content (AvgIpc) is 2.42. The number of benzene rings is 1. The van der Waals surface area contributed by atoms with Crippen molar-refractivity contribution in [3.63, 3.8) is 0 Å². The highest BCUT2D eigenvalue weighted by molar-refractivity contribution is 6.30. The van der Waals surface area contributed by atoms with Gasteiger partial charge in [-0.1, -0.05) is 49.9 Å². The number of rotatable bonds is 4. The second-order valence-corrected chi connectivity index (χ2v) is 5.96. The van der Waals surface area contributed by atoms with Crippen molar-refractivity contribution >= 4 is 11.6 Å². The van der Waals surface area contributed by atoms with E-state index in [0.29, 0.717) is 6.04 Å². The van der Waals surface area contributed by atoms with Crippen LogP contribution in [0.5, 0.6) is 0 Å². The van der Waals surface area contributed by atoms with Gasteiger partial charge in [0.25, 0.3) is 0 Å². The molecule has 1 nitrogen and oxygen atoms in total. The van der Waals surface area contributed by atoms with Gasteiger partial charge in [0.05, 0.1) is 0 Å². The molecule has 2 rings (SSSR count). The molecule has 0 aromatic heterocycles. The highest BCUT2D eigenvalue weighted by atomic mass is 35.5. The molecular formula is C16H24ClN. The van der Waals surface area contributed by atoms with Crippen molar-refractivity contribution in [3.8, 4) is 0 Å². The Hall–Kier alpha value is -0.530. The summed E-state index contributed by atoms with van der Waals surface area (Å²) >= 11 is 5.97. The Morgan fingerprint density at radius 1 is 1.28 bits per heavy atom. The maximum Gasteiger partial charge on any atom is 0.0406 e.